The minimum absolute atomic E-state index is 0.166. The van der Waals surface area contributed by atoms with E-state index in [9.17, 15) is 0 Å². The molecule has 1 saturated heterocycles. The van der Waals surface area contributed by atoms with Gasteiger partial charge < -0.3 is 0 Å². The van der Waals surface area contributed by atoms with Gasteiger partial charge in [-0.15, -0.1) is 0 Å². The molecule has 0 bridgehead atoms. The van der Waals surface area contributed by atoms with Gasteiger partial charge in [-0.25, -0.2) is 0 Å². The first-order valence-electron chi connectivity index (χ1n) is 5.58. The van der Waals surface area contributed by atoms with Crippen LogP contribution in [0.3, 0.4) is 0 Å². The molecule has 0 saturated carbocycles. The zero-order valence-corrected chi connectivity index (χ0v) is 13.8. The van der Waals surface area contributed by atoms with Crippen LogP contribution in [0.2, 0.25) is 48.9 Å². The van der Waals surface area contributed by atoms with E-state index >= 15 is 0 Å². The quantitative estimate of drug-likeness (QED) is 0.557. The highest BCUT2D eigenvalue weighted by molar-refractivity contribution is 6.94. The van der Waals surface area contributed by atoms with Gasteiger partial charge in [-0.2, -0.15) is 0 Å². The van der Waals surface area contributed by atoms with Crippen molar-refractivity contribution in [3.8, 4) is 0 Å². The summed E-state index contributed by atoms with van der Waals surface area (Å²) in [4.78, 5) is 0. The molecule has 1 rings (SSSR count). The van der Waals surface area contributed by atoms with Crippen LogP contribution in [-0.4, -0.2) is 35.2 Å². The Morgan fingerprint density at radius 3 is 0.833 bits per heavy atom. The summed E-state index contributed by atoms with van der Waals surface area (Å²) >= 11 is 0. The van der Waals surface area contributed by atoms with Gasteiger partial charge in [-0.1, -0.05) is 48.9 Å². The van der Waals surface area contributed by atoms with Crippen molar-refractivity contribution in [2.45, 2.75) is 48.9 Å². The zero-order chi connectivity index (χ0) is 9.14. The van der Waals surface area contributed by atoms with Crippen LogP contribution < -0.4 is 0 Å². The van der Waals surface area contributed by atoms with Crippen LogP contribution in [0, 0.1) is 0 Å². The molecule has 72 valence electrons. The summed E-state index contributed by atoms with van der Waals surface area (Å²) in [5, 5.41) is 0. The molecule has 0 atom stereocenters. The Hall–Kier alpha value is 0.868. The van der Waals surface area contributed by atoms with Gasteiger partial charge in [0.25, 0.3) is 0 Å². The molecule has 0 aliphatic carbocycles. The predicted octanol–water partition coefficient (Wildman–Crippen LogP) is 1.58. The van der Waals surface area contributed by atoms with Crippen molar-refractivity contribution in [1.82, 2.24) is 0 Å². The normalized spacial score (nSPS) is 45.0. The monoisotopic (exact) mass is 232 g/mol. The Bertz CT molecular complexity index is 99.0. The van der Waals surface area contributed by atoms with Crippen molar-refractivity contribution in [2.24, 2.45) is 0 Å². The van der Waals surface area contributed by atoms with Gasteiger partial charge in [0.2, 0.25) is 0 Å². The smallest absolute Gasteiger partial charge is 0.0278 e. The summed E-state index contributed by atoms with van der Waals surface area (Å²) < 4.78 is 0. The summed E-state index contributed by atoms with van der Waals surface area (Å²) in [5.74, 6) is 0. The van der Waals surface area contributed by atoms with Gasteiger partial charge in [0.05, 0.1) is 0 Å². The van der Waals surface area contributed by atoms with Crippen molar-refractivity contribution in [2.75, 3.05) is 0 Å². The summed E-state index contributed by atoms with van der Waals surface area (Å²) in [6.45, 7) is 10.6. The average molecular weight is 233 g/mol. The van der Waals surface area contributed by atoms with E-state index in [0.717, 1.165) is 0 Å². The Morgan fingerprint density at radius 1 is 0.500 bits per heavy atom. The molecule has 0 spiro atoms. The third-order valence-electron chi connectivity index (χ3n) is 3.22. The molecule has 4 heteroatoms. The second-order valence-corrected chi connectivity index (χ2v) is 21.7. The largest absolute Gasteiger partial charge is 0.0724 e. The summed E-state index contributed by atoms with van der Waals surface area (Å²) in [6, 6.07) is 0. The van der Waals surface area contributed by atoms with Crippen LogP contribution in [0.25, 0.3) is 0 Å². The zero-order valence-electron chi connectivity index (χ0n) is 9.14. The van der Waals surface area contributed by atoms with Crippen LogP contribution in [-0.2, 0) is 0 Å². The maximum atomic E-state index is 2.64. The Labute approximate surface area is 84.2 Å². The maximum Gasteiger partial charge on any atom is 0.0278 e. The summed E-state index contributed by atoms with van der Waals surface area (Å²) in [6.07, 6.45) is 0. The molecule has 0 radical (unpaired) electrons. The number of rotatable bonds is 0. The minimum Gasteiger partial charge on any atom is -0.0724 e. The Morgan fingerprint density at radius 2 is 0.667 bits per heavy atom. The van der Waals surface area contributed by atoms with Crippen molar-refractivity contribution < 1.29 is 0 Å². The van der Waals surface area contributed by atoms with Crippen LogP contribution >= 0.6 is 0 Å². The molecule has 1 fully saturated rings. The molecular formula is C8H24Si4. The van der Waals surface area contributed by atoms with Crippen molar-refractivity contribution >= 4 is 35.2 Å². The van der Waals surface area contributed by atoms with Crippen LogP contribution in [0.1, 0.15) is 0 Å². The molecule has 1 aliphatic rings. The standard InChI is InChI=1S/C8H24Si4/c1-9-5-10(2)7-12(4)8-11(3)6-9/h9-12H,5-8H2,1-4H3. The fraction of sp³-hybridized carbons (Fsp3) is 1.00. The van der Waals surface area contributed by atoms with Crippen molar-refractivity contribution in [3.63, 3.8) is 0 Å². The molecule has 0 aromatic heterocycles. The van der Waals surface area contributed by atoms with E-state index in [2.05, 4.69) is 26.2 Å². The first kappa shape index (κ1) is 10.9. The molecule has 0 aromatic carbocycles. The van der Waals surface area contributed by atoms with Gasteiger partial charge >= 0.3 is 0 Å². The maximum absolute atomic E-state index is 2.64. The van der Waals surface area contributed by atoms with Gasteiger partial charge in [0.1, 0.15) is 0 Å². The molecule has 0 unspecified atom stereocenters. The van der Waals surface area contributed by atoms with E-state index in [1.807, 2.05) is 0 Å². The molecule has 1 heterocycles. The highest BCUT2D eigenvalue weighted by Gasteiger charge is 2.22. The number of hydrogen-bond acceptors (Lipinski definition) is 0. The van der Waals surface area contributed by atoms with E-state index in [-0.39, 0.29) is 35.2 Å². The Balaban J connectivity index is 2.45. The SMILES string of the molecule is C[SiH]1C[SiH](C)C[SiH](C)C[SiH](C)C1. The summed E-state index contributed by atoms with van der Waals surface area (Å²) in [5.41, 5.74) is 7.20. The average Bonchev–Trinajstić information content (AvgIpc) is 1.81. The van der Waals surface area contributed by atoms with E-state index in [0.29, 0.717) is 0 Å². The van der Waals surface area contributed by atoms with E-state index in [1.165, 1.54) is 0 Å². The van der Waals surface area contributed by atoms with Crippen LogP contribution in [0.5, 0.6) is 0 Å². The first-order chi connectivity index (χ1) is 5.58. The van der Waals surface area contributed by atoms with Gasteiger partial charge in [-0.05, 0) is 0 Å². The lowest BCUT2D eigenvalue weighted by Crippen LogP contribution is -2.34. The minimum atomic E-state index is -0.166. The fourth-order valence-electron chi connectivity index (χ4n) is 3.13. The fourth-order valence-corrected chi connectivity index (χ4v) is 35.1. The molecule has 0 aromatic rings. The highest BCUT2D eigenvalue weighted by Crippen LogP contribution is 2.18. The lowest BCUT2D eigenvalue weighted by atomic mass is 11.7. The van der Waals surface area contributed by atoms with E-state index in [4.69, 9.17) is 0 Å². The Kier molecular flexibility index (Phi) is 4.49. The molecule has 0 N–H and O–H groups in total. The highest BCUT2D eigenvalue weighted by atomic mass is 28.4. The molecule has 0 amide bonds. The lowest BCUT2D eigenvalue weighted by Gasteiger charge is -2.26. The molecule has 0 nitrogen and oxygen atoms in total. The summed E-state index contributed by atoms with van der Waals surface area (Å²) in [7, 11) is -0.664. The van der Waals surface area contributed by atoms with Crippen molar-refractivity contribution in [3.05, 3.63) is 0 Å². The third-order valence-corrected chi connectivity index (χ3v) is 29.0. The van der Waals surface area contributed by atoms with E-state index < -0.39 is 0 Å². The number of hydrogen-bond donors (Lipinski definition) is 0. The lowest BCUT2D eigenvalue weighted by molar-refractivity contribution is 1.52. The molecular weight excluding hydrogens is 208 g/mol. The molecule has 12 heavy (non-hydrogen) atoms. The van der Waals surface area contributed by atoms with Gasteiger partial charge in [0, 0.05) is 35.2 Å². The van der Waals surface area contributed by atoms with Gasteiger partial charge in [0.15, 0.2) is 0 Å². The van der Waals surface area contributed by atoms with Crippen LogP contribution in [0.15, 0.2) is 0 Å². The van der Waals surface area contributed by atoms with E-state index in [1.54, 1.807) is 22.7 Å². The van der Waals surface area contributed by atoms with Crippen LogP contribution in [0.4, 0.5) is 0 Å². The second-order valence-electron chi connectivity index (χ2n) is 5.36. The predicted molar refractivity (Wildman–Crippen MR) is 71.3 cm³/mol. The third kappa shape index (κ3) is 3.72. The molecule has 1 aliphatic heterocycles. The first-order valence-corrected chi connectivity index (χ1v) is 16.7. The van der Waals surface area contributed by atoms with Crippen molar-refractivity contribution in [1.29, 1.82) is 0 Å². The van der Waals surface area contributed by atoms with Gasteiger partial charge in [-0.3, -0.25) is 0 Å². The topological polar surface area (TPSA) is 0 Å². The second kappa shape index (κ2) is 4.93.